The van der Waals surface area contributed by atoms with Crippen LogP contribution in [0.25, 0.3) is 16.9 Å². The molecule has 5 heterocycles. The number of hydrogen-bond donors (Lipinski definition) is 0. The van der Waals surface area contributed by atoms with Crippen molar-refractivity contribution in [2.45, 2.75) is 58.4 Å². The van der Waals surface area contributed by atoms with Crippen LogP contribution < -0.4 is 4.74 Å². The Labute approximate surface area is 225 Å². The molecule has 0 aliphatic carbocycles. The number of carbonyl (C=O) groups excluding carboxylic acids is 1. The Kier molecular flexibility index (Phi) is 7.57. The number of aromatic nitrogens is 5. The van der Waals surface area contributed by atoms with Crippen molar-refractivity contribution in [3.8, 4) is 22.8 Å². The standard InChI is InChI=1S/C27H34F2N6O4/c1-27(2,3)39-26(36)33-8-5-17(22(29)16-33)14-34-15-18(12-31-34)24-20-6-9-38-10-7-23(20)35(32-24)19-11-21(28)25(37-4)30-13-19/h11-13,15,17,22H,5-10,14,16H2,1-4H3. The number of piperidine rings is 1. The van der Waals surface area contributed by atoms with E-state index >= 15 is 4.39 Å². The van der Waals surface area contributed by atoms with Crippen LogP contribution in [0.1, 0.15) is 38.4 Å². The van der Waals surface area contributed by atoms with Crippen molar-refractivity contribution >= 4 is 6.09 Å². The Balaban J connectivity index is 1.34. The van der Waals surface area contributed by atoms with Gasteiger partial charge in [-0.05, 0) is 33.6 Å². The number of methoxy groups -OCH3 is 1. The Morgan fingerprint density at radius 3 is 2.74 bits per heavy atom. The summed E-state index contributed by atoms with van der Waals surface area (Å²) in [5.74, 6) is -0.935. The maximum absolute atomic E-state index is 15.1. The van der Waals surface area contributed by atoms with Crippen molar-refractivity contribution in [2.24, 2.45) is 5.92 Å². The third-order valence-corrected chi connectivity index (χ3v) is 6.96. The van der Waals surface area contributed by atoms with Gasteiger partial charge in [-0.15, -0.1) is 0 Å². The van der Waals surface area contributed by atoms with E-state index in [-0.39, 0.29) is 18.3 Å². The van der Waals surface area contributed by atoms with Gasteiger partial charge in [-0.3, -0.25) is 4.68 Å². The van der Waals surface area contributed by atoms with Gasteiger partial charge in [0.15, 0.2) is 5.82 Å². The van der Waals surface area contributed by atoms with Gasteiger partial charge in [0.2, 0.25) is 5.88 Å². The number of hydrogen-bond acceptors (Lipinski definition) is 7. The van der Waals surface area contributed by atoms with Crippen LogP contribution in [0.15, 0.2) is 24.7 Å². The minimum atomic E-state index is -1.19. The average molecular weight is 545 g/mol. The van der Waals surface area contributed by atoms with Crippen LogP contribution in [-0.4, -0.2) is 80.7 Å². The molecule has 2 aliphatic heterocycles. The normalized spacial score (nSPS) is 19.9. The number of alkyl halides is 1. The van der Waals surface area contributed by atoms with E-state index in [2.05, 4.69) is 10.1 Å². The van der Waals surface area contributed by atoms with Gasteiger partial charge in [-0.25, -0.2) is 23.2 Å². The zero-order valence-electron chi connectivity index (χ0n) is 22.7. The first-order chi connectivity index (χ1) is 18.6. The molecule has 0 bridgehead atoms. The zero-order valence-corrected chi connectivity index (χ0v) is 22.7. The summed E-state index contributed by atoms with van der Waals surface area (Å²) in [5, 5.41) is 9.32. The van der Waals surface area contributed by atoms with Crippen LogP contribution in [0.4, 0.5) is 13.6 Å². The number of likely N-dealkylation sites (tertiary alicyclic amines) is 1. The Morgan fingerprint density at radius 1 is 1.23 bits per heavy atom. The highest BCUT2D eigenvalue weighted by molar-refractivity contribution is 5.68. The lowest BCUT2D eigenvalue weighted by atomic mass is 9.95. The predicted octanol–water partition coefficient (Wildman–Crippen LogP) is 3.99. The summed E-state index contributed by atoms with van der Waals surface area (Å²) in [7, 11) is 1.37. The van der Waals surface area contributed by atoms with E-state index in [1.807, 2.05) is 6.20 Å². The summed E-state index contributed by atoms with van der Waals surface area (Å²) in [5.41, 5.74) is 3.32. The van der Waals surface area contributed by atoms with Gasteiger partial charge in [-0.2, -0.15) is 10.2 Å². The van der Waals surface area contributed by atoms with E-state index in [4.69, 9.17) is 19.3 Å². The quantitative estimate of drug-likeness (QED) is 0.479. The van der Waals surface area contributed by atoms with Crippen molar-refractivity contribution < 1.29 is 27.8 Å². The van der Waals surface area contributed by atoms with Gasteiger partial charge in [0.1, 0.15) is 11.8 Å². The number of pyridine rings is 1. The Morgan fingerprint density at radius 2 is 2.03 bits per heavy atom. The van der Waals surface area contributed by atoms with E-state index < -0.39 is 23.7 Å². The summed E-state index contributed by atoms with van der Waals surface area (Å²) < 4.78 is 49.0. The van der Waals surface area contributed by atoms with Crippen molar-refractivity contribution in [3.05, 3.63) is 41.7 Å². The molecule has 3 aromatic rings. The number of ether oxygens (including phenoxy) is 3. The molecular weight excluding hydrogens is 510 g/mol. The van der Waals surface area contributed by atoms with Crippen molar-refractivity contribution in [1.82, 2.24) is 29.4 Å². The van der Waals surface area contributed by atoms with Crippen LogP contribution in [0.2, 0.25) is 0 Å². The molecule has 0 radical (unpaired) electrons. The lowest BCUT2D eigenvalue weighted by Gasteiger charge is -2.35. The number of rotatable bonds is 5. The molecule has 0 spiro atoms. The number of amides is 1. The molecule has 1 saturated heterocycles. The third-order valence-electron chi connectivity index (χ3n) is 6.96. The number of nitrogens with zero attached hydrogens (tertiary/aromatic N) is 6. The molecule has 0 aromatic carbocycles. The van der Waals surface area contributed by atoms with Gasteiger partial charge in [-0.1, -0.05) is 0 Å². The summed E-state index contributed by atoms with van der Waals surface area (Å²) >= 11 is 0. The summed E-state index contributed by atoms with van der Waals surface area (Å²) in [6.45, 7) is 7.26. The number of carbonyl (C=O) groups is 1. The van der Waals surface area contributed by atoms with Crippen LogP contribution in [0.3, 0.4) is 0 Å². The summed E-state index contributed by atoms with van der Waals surface area (Å²) in [4.78, 5) is 17.8. The fourth-order valence-electron chi connectivity index (χ4n) is 5.05. The fourth-order valence-corrected chi connectivity index (χ4v) is 5.05. The van der Waals surface area contributed by atoms with Gasteiger partial charge in [0.05, 0.1) is 56.3 Å². The van der Waals surface area contributed by atoms with Crippen LogP contribution >= 0.6 is 0 Å². The molecule has 1 fully saturated rings. The molecule has 0 saturated carbocycles. The minimum Gasteiger partial charge on any atom is -0.479 e. The minimum absolute atomic E-state index is 0.00191. The van der Waals surface area contributed by atoms with E-state index in [1.54, 1.807) is 36.3 Å². The topological polar surface area (TPSA) is 96.5 Å². The Bertz CT molecular complexity index is 1330. The Hall–Kier alpha value is -3.54. The summed E-state index contributed by atoms with van der Waals surface area (Å²) in [6.07, 6.45) is 5.20. The predicted molar refractivity (Wildman–Crippen MR) is 138 cm³/mol. The zero-order chi connectivity index (χ0) is 27.7. The maximum atomic E-state index is 15.1. The van der Waals surface area contributed by atoms with E-state index in [9.17, 15) is 9.18 Å². The monoisotopic (exact) mass is 544 g/mol. The highest BCUT2D eigenvalue weighted by Gasteiger charge is 2.34. The average Bonchev–Trinajstić information content (AvgIpc) is 3.40. The van der Waals surface area contributed by atoms with Crippen LogP contribution in [0, 0.1) is 11.7 Å². The highest BCUT2D eigenvalue weighted by atomic mass is 19.1. The molecule has 2 aliphatic rings. The molecule has 210 valence electrons. The van der Waals surface area contributed by atoms with E-state index in [1.165, 1.54) is 24.3 Å². The molecule has 12 heteroatoms. The largest absolute Gasteiger partial charge is 0.479 e. The van der Waals surface area contributed by atoms with Gasteiger partial charge in [0.25, 0.3) is 0 Å². The second kappa shape index (κ2) is 10.9. The molecule has 39 heavy (non-hydrogen) atoms. The fraction of sp³-hybridized carbons (Fsp3) is 0.556. The third kappa shape index (κ3) is 5.90. The number of fused-ring (bicyclic) bond motifs is 1. The van der Waals surface area contributed by atoms with Crippen molar-refractivity contribution in [2.75, 3.05) is 33.4 Å². The SMILES string of the molecule is COc1ncc(-n2nc(-c3cnn(CC4CCN(C(=O)OC(C)(C)C)CC4F)c3)c3c2CCOCC3)cc1F. The molecule has 1 amide bonds. The van der Waals surface area contributed by atoms with Gasteiger partial charge >= 0.3 is 6.09 Å². The van der Waals surface area contributed by atoms with Gasteiger partial charge < -0.3 is 19.1 Å². The second-order valence-electron chi connectivity index (χ2n) is 10.9. The molecule has 2 unspecified atom stereocenters. The molecule has 10 nitrogen and oxygen atoms in total. The number of halogens is 2. The van der Waals surface area contributed by atoms with E-state index in [0.29, 0.717) is 51.3 Å². The first-order valence-electron chi connectivity index (χ1n) is 13.2. The molecule has 5 rings (SSSR count). The molecule has 2 atom stereocenters. The summed E-state index contributed by atoms with van der Waals surface area (Å²) in [6, 6.07) is 1.35. The second-order valence-corrected chi connectivity index (χ2v) is 10.9. The molecule has 0 N–H and O–H groups in total. The van der Waals surface area contributed by atoms with Crippen molar-refractivity contribution in [1.29, 1.82) is 0 Å². The maximum Gasteiger partial charge on any atom is 0.410 e. The lowest BCUT2D eigenvalue weighted by molar-refractivity contribution is 0.00352. The van der Waals surface area contributed by atoms with Crippen LogP contribution in [-0.2, 0) is 28.9 Å². The molecule has 3 aromatic heterocycles. The highest BCUT2D eigenvalue weighted by Crippen LogP contribution is 2.31. The molecular formula is C27H34F2N6O4. The van der Waals surface area contributed by atoms with Gasteiger partial charge in [0, 0.05) is 48.8 Å². The van der Waals surface area contributed by atoms with Crippen molar-refractivity contribution in [3.63, 3.8) is 0 Å². The van der Waals surface area contributed by atoms with E-state index in [0.717, 1.165) is 22.5 Å². The smallest absolute Gasteiger partial charge is 0.410 e. The van der Waals surface area contributed by atoms with Crippen LogP contribution in [0.5, 0.6) is 5.88 Å². The lowest BCUT2D eigenvalue weighted by Crippen LogP contribution is -2.47. The first-order valence-corrected chi connectivity index (χ1v) is 13.2. The first kappa shape index (κ1) is 27.0.